The van der Waals surface area contributed by atoms with E-state index in [-0.39, 0.29) is 0 Å². The summed E-state index contributed by atoms with van der Waals surface area (Å²) in [6, 6.07) is 13.6. The molecular formula is C20H31N4P. The number of nitrogens with zero attached hydrogens (tertiary/aromatic N) is 4. The van der Waals surface area contributed by atoms with Gasteiger partial charge in [0.1, 0.15) is 0 Å². The lowest BCUT2D eigenvalue weighted by Gasteiger charge is -2.22. The molecule has 0 aliphatic carbocycles. The van der Waals surface area contributed by atoms with Gasteiger partial charge in [-0.3, -0.25) is 0 Å². The molecule has 0 N–H and O–H groups in total. The van der Waals surface area contributed by atoms with Gasteiger partial charge in [-0.1, -0.05) is 8.58 Å². The van der Waals surface area contributed by atoms with Gasteiger partial charge in [-0.2, -0.15) is 0 Å². The summed E-state index contributed by atoms with van der Waals surface area (Å²) in [4.78, 5) is 8.68. The minimum Gasteiger partial charge on any atom is -0.378 e. The summed E-state index contributed by atoms with van der Waals surface area (Å²) in [6.07, 6.45) is 0. The highest BCUT2D eigenvalue weighted by molar-refractivity contribution is 7.55. The molecule has 0 bridgehead atoms. The normalized spacial score (nSPS) is 10.6. The fourth-order valence-electron chi connectivity index (χ4n) is 2.53. The lowest BCUT2D eigenvalue weighted by atomic mass is 10.2. The molecule has 4 nitrogen and oxygen atoms in total. The molecule has 0 aromatic heterocycles. The molecule has 25 heavy (non-hydrogen) atoms. The van der Waals surface area contributed by atoms with E-state index in [0.717, 1.165) is 0 Å². The Hall–Kier alpha value is -1.93. The molecule has 0 fully saturated rings. The first-order valence-electron chi connectivity index (χ1n) is 8.44. The van der Waals surface area contributed by atoms with Crippen molar-refractivity contribution in [2.24, 2.45) is 0 Å². The van der Waals surface area contributed by atoms with Crippen LogP contribution in [0.15, 0.2) is 36.4 Å². The lowest BCUT2D eigenvalue weighted by Crippen LogP contribution is -2.18. The minimum atomic E-state index is 0.626. The topological polar surface area (TPSA) is 13.0 Å². The van der Waals surface area contributed by atoms with Crippen molar-refractivity contribution in [3.8, 4) is 0 Å². The Bertz CT molecular complexity index is 610. The van der Waals surface area contributed by atoms with Crippen molar-refractivity contribution in [2.45, 2.75) is 0 Å². The van der Waals surface area contributed by atoms with E-state index in [1.807, 2.05) is 0 Å². The maximum absolute atomic E-state index is 2.29. The van der Waals surface area contributed by atoms with E-state index in [1.54, 1.807) is 0 Å². The summed E-state index contributed by atoms with van der Waals surface area (Å²) >= 11 is 0. The van der Waals surface area contributed by atoms with E-state index >= 15 is 0 Å². The number of rotatable bonds is 6. The van der Waals surface area contributed by atoms with Crippen LogP contribution in [0.5, 0.6) is 0 Å². The molecule has 0 atom stereocenters. The van der Waals surface area contributed by atoms with Crippen LogP contribution in [0.1, 0.15) is 0 Å². The molecular weight excluding hydrogens is 327 g/mol. The zero-order valence-corrected chi connectivity index (χ0v) is 17.8. The highest BCUT2D eigenvalue weighted by Gasteiger charge is 2.09. The molecule has 2 aromatic rings. The van der Waals surface area contributed by atoms with Crippen molar-refractivity contribution in [3.63, 3.8) is 0 Å². The van der Waals surface area contributed by atoms with Crippen LogP contribution in [-0.2, 0) is 0 Å². The van der Waals surface area contributed by atoms with E-state index in [4.69, 9.17) is 0 Å². The van der Waals surface area contributed by atoms with Gasteiger partial charge in [0.15, 0.2) is 0 Å². The van der Waals surface area contributed by atoms with Gasteiger partial charge in [0.05, 0.1) is 0 Å². The summed E-state index contributed by atoms with van der Waals surface area (Å²) < 4.78 is 0. The number of anilines is 4. The van der Waals surface area contributed by atoms with E-state index in [1.165, 1.54) is 33.4 Å². The molecule has 0 radical (unpaired) electrons. The molecule has 0 saturated carbocycles. The van der Waals surface area contributed by atoms with Crippen LogP contribution in [-0.4, -0.2) is 56.4 Å². The smallest absolute Gasteiger partial charge is 0.0388 e. The summed E-state index contributed by atoms with van der Waals surface area (Å²) in [5.74, 6) is 0. The SMILES string of the molecule is CN(C)c1cc(Pc2cc(N(C)C)cc(N(C)C)c2)cc(N(C)C)c1. The van der Waals surface area contributed by atoms with Crippen molar-refractivity contribution < 1.29 is 0 Å². The largest absolute Gasteiger partial charge is 0.378 e. The zero-order valence-electron chi connectivity index (χ0n) is 16.8. The molecule has 2 aromatic carbocycles. The number of hydrogen-bond donors (Lipinski definition) is 0. The van der Waals surface area contributed by atoms with Gasteiger partial charge in [0.2, 0.25) is 0 Å². The maximum Gasteiger partial charge on any atom is 0.0388 e. The fraction of sp³-hybridized carbons (Fsp3) is 0.400. The average molecular weight is 358 g/mol. The highest BCUT2D eigenvalue weighted by atomic mass is 31.1. The second-order valence-corrected chi connectivity index (χ2v) is 8.58. The van der Waals surface area contributed by atoms with Crippen molar-refractivity contribution in [3.05, 3.63) is 36.4 Å². The number of hydrogen-bond acceptors (Lipinski definition) is 4. The summed E-state index contributed by atoms with van der Waals surface area (Å²) in [5.41, 5.74) is 4.96. The van der Waals surface area contributed by atoms with Gasteiger partial charge < -0.3 is 19.6 Å². The van der Waals surface area contributed by atoms with Gasteiger partial charge in [0.25, 0.3) is 0 Å². The third-order valence-corrected chi connectivity index (χ3v) is 5.31. The van der Waals surface area contributed by atoms with Gasteiger partial charge in [0, 0.05) is 79.1 Å². The molecule has 0 unspecified atom stereocenters. The lowest BCUT2D eigenvalue weighted by molar-refractivity contribution is 1.10. The summed E-state index contributed by atoms with van der Waals surface area (Å²) in [5, 5.41) is 2.71. The van der Waals surface area contributed by atoms with Crippen LogP contribution >= 0.6 is 8.58 Å². The molecule has 0 aliphatic heterocycles. The van der Waals surface area contributed by atoms with Crippen LogP contribution in [0.4, 0.5) is 22.7 Å². The predicted octanol–water partition coefficient (Wildman–Crippen LogP) is 2.58. The van der Waals surface area contributed by atoms with E-state index in [0.29, 0.717) is 8.58 Å². The van der Waals surface area contributed by atoms with Crippen molar-refractivity contribution in [2.75, 3.05) is 76.0 Å². The van der Waals surface area contributed by atoms with Crippen LogP contribution in [0.3, 0.4) is 0 Å². The van der Waals surface area contributed by atoms with Gasteiger partial charge in [-0.25, -0.2) is 0 Å². The molecule has 0 aliphatic rings. The first kappa shape index (κ1) is 19.4. The predicted molar refractivity (Wildman–Crippen MR) is 118 cm³/mol. The quantitative estimate of drug-likeness (QED) is 0.736. The standard InChI is InChI=1S/C20H31N4P/c1-21(2)15-9-16(22(3)4)12-19(11-15)25-20-13-17(23(5)6)10-18(14-20)24(7)8/h9-14,25H,1-8H3. The number of benzene rings is 2. The van der Waals surface area contributed by atoms with Crippen LogP contribution in [0.25, 0.3) is 0 Å². The molecule has 2 rings (SSSR count). The van der Waals surface area contributed by atoms with Gasteiger partial charge in [-0.05, 0) is 47.0 Å². The van der Waals surface area contributed by atoms with Crippen molar-refractivity contribution >= 4 is 41.9 Å². The van der Waals surface area contributed by atoms with Crippen LogP contribution in [0.2, 0.25) is 0 Å². The van der Waals surface area contributed by atoms with E-state index < -0.39 is 0 Å². The second kappa shape index (κ2) is 7.97. The fourth-order valence-corrected chi connectivity index (χ4v) is 3.75. The summed E-state index contributed by atoms with van der Waals surface area (Å²) in [7, 11) is 17.4. The molecule has 0 saturated heterocycles. The molecule has 0 amide bonds. The molecule has 0 heterocycles. The van der Waals surface area contributed by atoms with Crippen LogP contribution in [0, 0.1) is 0 Å². The van der Waals surface area contributed by atoms with E-state index in [2.05, 4.69) is 112 Å². The minimum absolute atomic E-state index is 0.626. The summed E-state index contributed by atoms with van der Waals surface area (Å²) in [6.45, 7) is 0. The van der Waals surface area contributed by atoms with Gasteiger partial charge >= 0.3 is 0 Å². The Kier molecular flexibility index (Phi) is 6.18. The Morgan fingerprint density at radius 3 is 0.880 bits per heavy atom. The second-order valence-electron chi connectivity index (χ2n) is 7.18. The molecule has 5 heteroatoms. The Labute approximate surface area is 154 Å². The zero-order chi connectivity index (χ0) is 18.7. The Balaban J connectivity index is 2.44. The molecule has 136 valence electrons. The Morgan fingerprint density at radius 2 is 0.680 bits per heavy atom. The first-order chi connectivity index (χ1) is 11.7. The van der Waals surface area contributed by atoms with Crippen molar-refractivity contribution in [1.82, 2.24) is 0 Å². The van der Waals surface area contributed by atoms with E-state index in [9.17, 15) is 0 Å². The molecule has 0 spiro atoms. The third kappa shape index (κ3) is 5.02. The Morgan fingerprint density at radius 1 is 0.440 bits per heavy atom. The van der Waals surface area contributed by atoms with Crippen molar-refractivity contribution in [1.29, 1.82) is 0 Å². The monoisotopic (exact) mass is 358 g/mol. The van der Waals surface area contributed by atoms with Crippen LogP contribution < -0.4 is 30.2 Å². The maximum atomic E-state index is 2.29. The average Bonchev–Trinajstić information content (AvgIpc) is 2.53. The van der Waals surface area contributed by atoms with Gasteiger partial charge in [-0.15, -0.1) is 0 Å². The highest BCUT2D eigenvalue weighted by Crippen LogP contribution is 2.26. The first-order valence-corrected chi connectivity index (χ1v) is 9.44. The third-order valence-electron chi connectivity index (χ3n) is 4.16.